The van der Waals surface area contributed by atoms with E-state index in [0.717, 1.165) is 18.4 Å². The molecule has 0 aromatic carbocycles. The third kappa shape index (κ3) is 2.11. The minimum Gasteiger partial charge on any atom is -0.465 e. The number of hydrogen-bond acceptors (Lipinski definition) is 4. The summed E-state index contributed by atoms with van der Waals surface area (Å²) in [5.41, 5.74) is 0.235. The number of ether oxygens (including phenoxy) is 3. The van der Waals surface area contributed by atoms with Crippen LogP contribution in [0.15, 0.2) is 12.2 Å². The van der Waals surface area contributed by atoms with Crippen molar-refractivity contribution in [2.45, 2.75) is 38.9 Å². The maximum atomic E-state index is 12.1. The van der Waals surface area contributed by atoms with Gasteiger partial charge < -0.3 is 14.2 Å². The predicted octanol–water partition coefficient (Wildman–Crippen LogP) is 2.04. The van der Waals surface area contributed by atoms with Crippen LogP contribution in [0.2, 0.25) is 0 Å². The topological polar surface area (TPSA) is 44.8 Å². The van der Waals surface area contributed by atoms with Gasteiger partial charge in [0, 0.05) is 12.8 Å². The number of hydrogen-bond donors (Lipinski definition) is 0. The van der Waals surface area contributed by atoms with E-state index in [2.05, 4.69) is 6.58 Å². The third-order valence-electron chi connectivity index (χ3n) is 3.75. The van der Waals surface area contributed by atoms with E-state index in [0.29, 0.717) is 26.2 Å². The molecule has 2 aliphatic rings. The number of rotatable bonds is 2. The van der Waals surface area contributed by atoms with Crippen LogP contribution >= 0.6 is 0 Å². The van der Waals surface area contributed by atoms with Crippen LogP contribution < -0.4 is 0 Å². The Morgan fingerprint density at radius 1 is 1.47 bits per heavy atom. The Morgan fingerprint density at radius 3 is 2.71 bits per heavy atom. The van der Waals surface area contributed by atoms with Gasteiger partial charge in [0.2, 0.25) is 0 Å². The molecule has 2 fully saturated rings. The molecule has 0 aromatic rings. The largest absolute Gasteiger partial charge is 0.465 e. The number of esters is 1. The normalized spacial score (nSPS) is 31.8. The maximum Gasteiger partial charge on any atom is 0.316 e. The zero-order valence-corrected chi connectivity index (χ0v) is 10.6. The zero-order valence-electron chi connectivity index (χ0n) is 10.6. The van der Waals surface area contributed by atoms with E-state index in [1.807, 2.05) is 13.8 Å². The second-order valence-corrected chi connectivity index (χ2v) is 4.94. The minimum atomic E-state index is -0.682. The van der Waals surface area contributed by atoms with E-state index in [1.54, 1.807) is 0 Å². The molecule has 1 spiro atoms. The summed E-state index contributed by atoms with van der Waals surface area (Å²) in [6, 6.07) is 0. The highest BCUT2D eigenvalue weighted by Gasteiger charge is 2.52. The van der Waals surface area contributed by atoms with Crippen molar-refractivity contribution in [1.82, 2.24) is 0 Å². The molecule has 1 aliphatic heterocycles. The molecule has 1 saturated heterocycles. The summed E-state index contributed by atoms with van der Waals surface area (Å²) >= 11 is 0. The molecule has 0 N–H and O–H groups in total. The lowest BCUT2D eigenvalue weighted by atomic mass is 9.69. The fraction of sp³-hybridized carbons (Fsp3) is 0.769. The molecule has 1 atom stereocenters. The predicted molar refractivity (Wildman–Crippen MR) is 62.4 cm³/mol. The summed E-state index contributed by atoms with van der Waals surface area (Å²) in [5, 5.41) is 0. The maximum absolute atomic E-state index is 12.1. The Balaban J connectivity index is 2.18. The van der Waals surface area contributed by atoms with Crippen LogP contribution in [0.25, 0.3) is 0 Å². The standard InChI is InChI=1S/C13H20O4/c1-4-15-11(14)12(3)9-13(6-5-10(12)2)16-7-8-17-13/h2,4-9H2,1,3H3. The van der Waals surface area contributed by atoms with Crippen LogP contribution in [0.3, 0.4) is 0 Å². The first-order chi connectivity index (χ1) is 8.02. The molecule has 4 heteroatoms. The van der Waals surface area contributed by atoms with Gasteiger partial charge in [-0.3, -0.25) is 4.79 Å². The van der Waals surface area contributed by atoms with Crippen molar-refractivity contribution < 1.29 is 19.0 Å². The van der Waals surface area contributed by atoms with Crippen LogP contribution in [0, 0.1) is 5.41 Å². The minimum absolute atomic E-state index is 0.219. The second-order valence-electron chi connectivity index (χ2n) is 4.94. The Kier molecular flexibility index (Phi) is 3.27. The summed E-state index contributed by atoms with van der Waals surface area (Å²) in [4.78, 5) is 12.1. The molecule has 1 aliphatic carbocycles. The van der Waals surface area contributed by atoms with Crippen molar-refractivity contribution in [1.29, 1.82) is 0 Å². The Morgan fingerprint density at radius 2 is 2.12 bits per heavy atom. The van der Waals surface area contributed by atoms with Crippen LogP contribution in [0.4, 0.5) is 0 Å². The van der Waals surface area contributed by atoms with Crippen molar-refractivity contribution in [3.63, 3.8) is 0 Å². The van der Waals surface area contributed by atoms with Crippen molar-refractivity contribution in [2.75, 3.05) is 19.8 Å². The van der Waals surface area contributed by atoms with E-state index in [1.165, 1.54) is 0 Å². The molecule has 1 heterocycles. The molecule has 4 nitrogen and oxygen atoms in total. The van der Waals surface area contributed by atoms with Gasteiger partial charge >= 0.3 is 5.97 Å². The van der Waals surface area contributed by atoms with Gasteiger partial charge in [-0.2, -0.15) is 0 Å². The molecule has 17 heavy (non-hydrogen) atoms. The van der Waals surface area contributed by atoms with E-state index in [4.69, 9.17) is 14.2 Å². The van der Waals surface area contributed by atoms with Gasteiger partial charge in [0.05, 0.1) is 25.2 Å². The molecular formula is C13H20O4. The van der Waals surface area contributed by atoms with E-state index < -0.39 is 11.2 Å². The molecule has 96 valence electrons. The van der Waals surface area contributed by atoms with Crippen LogP contribution in [0.5, 0.6) is 0 Å². The lowest BCUT2D eigenvalue weighted by Crippen LogP contribution is -2.46. The highest BCUT2D eigenvalue weighted by atomic mass is 16.7. The first-order valence-corrected chi connectivity index (χ1v) is 6.16. The van der Waals surface area contributed by atoms with Crippen LogP contribution in [-0.2, 0) is 19.0 Å². The van der Waals surface area contributed by atoms with Gasteiger partial charge in [0.1, 0.15) is 0 Å². The molecule has 1 saturated carbocycles. The highest BCUT2D eigenvalue weighted by molar-refractivity contribution is 5.80. The Bertz CT molecular complexity index is 330. The fourth-order valence-corrected chi connectivity index (χ4v) is 2.62. The van der Waals surface area contributed by atoms with Crippen LogP contribution in [-0.4, -0.2) is 31.6 Å². The summed E-state index contributed by atoms with van der Waals surface area (Å²) in [5.74, 6) is -0.814. The molecular weight excluding hydrogens is 220 g/mol. The molecule has 0 radical (unpaired) electrons. The second kappa shape index (κ2) is 4.42. The van der Waals surface area contributed by atoms with E-state index in [9.17, 15) is 4.79 Å². The lowest BCUT2D eigenvalue weighted by Gasteiger charge is -2.42. The Labute approximate surface area is 102 Å². The first kappa shape index (κ1) is 12.6. The summed E-state index contributed by atoms with van der Waals surface area (Å²) in [6.07, 6.45) is 2.04. The number of carbonyl (C=O) groups excluding carboxylic acids is 1. The van der Waals surface area contributed by atoms with Gasteiger partial charge in [-0.05, 0) is 20.3 Å². The molecule has 0 aromatic heterocycles. The molecule has 0 bridgehead atoms. The molecule has 0 amide bonds. The quantitative estimate of drug-likeness (QED) is 0.547. The van der Waals surface area contributed by atoms with Gasteiger partial charge in [-0.15, -0.1) is 0 Å². The van der Waals surface area contributed by atoms with E-state index >= 15 is 0 Å². The summed E-state index contributed by atoms with van der Waals surface area (Å²) in [6.45, 7) is 9.29. The fourth-order valence-electron chi connectivity index (χ4n) is 2.62. The SMILES string of the molecule is C=C1CCC2(CC1(C)C(=O)OCC)OCCO2. The summed E-state index contributed by atoms with van der Waals surface area (Å²) < 4.78 is 16.5. The highest BCUT2D eigenvalue weighted by Crippen LogP contribution is 2.48. The van der Waals surface area contributed by atoms with Crippen molar-refractivity contribution in [3.05, 3.63) is 12.2 Å². The molecule has 2 rings (SSSR count). The van der Waals surface area contributed by atoms with Gasteiger partial charge in [-0.1, -0.05) is 12.2 Å². The zero-order chi connectivity index (χ0) is 12.5. The summed E-state index contributed by atoms with van der Waals surface area (Å²) in [7, 11) is 0. The average molecular weight is 240 g/mol. The van der Waals surface area contributed by atoms with Crippen molar-refractivity contribution in [3.8, 4) is 0 Å². The van der Waals surface area contributed by atoms with E-state index in [-0.39, 0.29) is 5.97 Å². The van der Waals surface area contributed by atoms with Gasteiger partial charge in [0.15, 0.2) is 5.79 Å². The third-order valence-corrected chi connectivity index (χ3v) is 3.75. The Hall–Kier alpha value is -0.870. The van der Waals surface area contributed by atoms with Crippen molar-refractivity contribution in [2.24, 2.45) is 5.41 Å². The first-order valence-electron chi connectivity index (χ1n) is 6.16. The monoisotopic (exact) mass is 240 g/mol. The van der Waals surface area contributed by atoms with Gasteiger partial charge in [-0.25, -0.2) is 0 Å². The number of carbonyl (C=O) groups is 1. The average Bonchev–Trinajstić information content (AvgIpc) is 2.73. The van der Waals surface area contributed by atoms with Crippen molar-refractivity contribution >= 4 is 5.97 Å². The lowest BCUT2D eigenvalue weighted by molar-refractivity contribution is -0.199. The molecule has 1 unspecified atom stereocenters. The van der Waals surface area contributed by atoms with Gasteiger partial charge in [0.25, 0.3) is 0 Å². The smallest absolute Gasteiger partial charge is 0.316 e. The van der Waals surface area contributed by atoms with Crippen LogP contribution in [0.1, 0.15) is 33.1 Å².